The molecule has 1 unspecified atom stereocenters. The Kier molecular flexibility index (Phi) is 4.76. The van der Waals surface area contributed by atoms with E-state index in [-0.39, 0.29) is 10.9 Å². The second-order valence-corrected chi connectivity index (χ2v) is 6.88. The average Bonchev–Trinajstić information content (AvgIpc) is 2.91. The zero-order chi connectivity index (χ0) is 14.6. The fourth-order valence-corrected chi connectivity index (χ4v) is 3.67. The van der Waals surface area contributed by atoms with Crippen molar-refractivity contribution < 1.29 is 8.42 Å². The highest BCUT2D eigenvalue weighted by Crippen LogP contribution is 2.12. The molecule has 108 valence electrons. The summed E-state index contributed by atoms with van der Waals surface area (Å²) in [5.74, 6) is 0. The van der Waals surface area contributed by atoms with E-state index in [2.05, 4.69) is 9.62 Å². The third-order valence-corrected chi connectivity index (χ3v) is 4.99. The molecule has 0 radical (unpaired) electrons. The molecule has 1 heterocycles. The molecule has 1 aromatic rings. The summed E-state index contributed by atoms with van der Waals surface area (Å²) in [7, 11) is -3.51. The number of benzene rings is 1. The summed E-state index contributed by atoms with van der Waals surface area (Å²) in [4.78, 5) is 2.47. The smallest absolute Gasteiger partial charge is 0.240 e. The minimum Gasteiger partial charge on any atom is -0.302 e. The molecule has 1 aromatic carbocycles. The van der Waals surface area contributed by atoms with Gasteiger partial charge in [0.2, 0.25) is 10.0 Å². The highest BCUT2D eigenvalue weighted by molar-refractivity contribution is 7.89. The van der Waals surface area contributed by atoms with Gasteiger partial charge in [0.15, 0.2) is 0 Å². The van der Waals surface area contributed by atoms with E-state index in [1.807, 2.05) is 13.0 Å². The largest absolute Gasteiger partial charge is 0.302 e. The summed E-state index contributed by atoms with van der Waals surface area (Å²) < 4.78 is 27.1. The second kappa shape index (κ2) is 6.35. The predicted octanol–water partition coefficient (Wildman–Crippen LogP) is 1.32. The Morgan fingerprint density at radius 2 is 1.90 bits per heavy atom. The van der Waals surface area contributed by atoms with Crippen LogP contribution in [0.25, 0.3) is 0 Å². The number of likely N-dealkylation sites (tertiary alicyclic amines) is 1. The van der Waals surface area contributed by atoms with Gasteiger partial charge in [0.1, 0.15) is 0 Å². The van der Waals surface area contributed by atoms with Crippen molar-refractivity contribution in [2.45, 2.75) is 30.7 Å². The molecule has 1 atom stereocenters. The number of nitrogens with zero attached hydrogens (tertiary/aromatic N) is 2. The van der Waals surface area contributed by atoms with E-state index in [9.17, 15) is 8.42 Å². The minimum absolute atomic E-state index is 0.131. The summed E-state index contributed by atoms with van der Waals surface area (Å²) >= 11 is 0. The maximum Gasteiger partial charge on any atom is 0.240 e. The lowest BCUT2D eigenvalue weighted by Gasteiger charge is -2.21. The normalized spacial score (nSPS) is 17.8. The van der Waals surface area contributed by atoms with Gasteiger partial charge in [-0.15, -0.1) is 0 Å². The fourth-order valence-electron chi connectivity index (χ4n) is 2.43. The molecule has 5 nitrogen and oxygen atoms in total. The molecule has 1 aliphatic rings. The van der Waals surface area contributed by atoms with Crippen LogP contribution in [-0.4, -0.2) is 39.0 Å². The average molecular weight is 293 g/mol. The van der Waals surface area contributed by atoms with Crippen molar-refractivity contribution in [3.05, 3.63) is 29.8 Å². The first-order valence-electron chi connectivity index (χ1n) is 6.76. The van der Waals surface area contributed by atoms with Crippen LogP contribution in [0.15, 0.2) is 29.2 Å². The monoisotopic (exact) mass is 293 g/mol. The van der Waals surface area contributed by atoms with Crippen LogP contribution in [0.5, 0.6) is 0 Å². The van der Waals surface area contributed by atoms with E-state index < -0.39 is 10.0 Å². The first kappa shape index (κ1) is 15.0. The van der Waals surface area contributed by atoms with Gasteiger partial charge < -0.3 is 4.90 Å². The van der Waals surface area contributed by atoms with Crippen molar-refractivity contribution in [3.63, 3.8) is 0 Å². The molecule has 0 amide bonds. The zero-order valence-corrected chi connectivity index (χ0v) is 12.4. The first-order valence-corrected chi connectivity index (χ1v) is 8.24. The summed E-state index contributed by atoms with van der Waals surface area (Å²) in [6, 6.07) is 7.79. The van der Waals surface area contributed by atoms with E-state index in [4.69, 9.17) is 5.26 Å². The van der Waals surface area contributed by atoms with Crippen molar-refractivity contribution in [2.75, 3.05) is 19.6 Å². The molecule has 2 rings (SSSR count). The van der Waals surface area contributed by atoms with Crippen LogP contribution in [0, 0.1) is 11.3 Å². The van der Waals surface area contributed by atoms with Crippen LogP contribution < -0.4 is 4.72 Å². The lowest BCUT2D eigenvalue weighted by Crippen LogP contribution is -2.40. The fraction of sp³-hybridized carbons (Fsp3) is 0.500. The molecule has 0 bridgehead atoms. The van der Waals surface area contributed by atoms with Crippen LogP contribution in [0.2, 0.25) is 0 Å². The maximum absolute atomic E-state index is 12.2. The number of hydrogen-bond acceptors (Lipinski definition) is 4. The maximum atomic E-state index is 12.2. The van der Waals surface area contributed by atoms with Gasteiger partial charge in [-0.2, -0.15) is 5.26 Å². The van der Waals surface area contributed by atoms with Gasteiger partial charge >= 0.3 is 0 Å². The van der Waals surface area contributed by atoms with Crippen LogP contribution in [0.1, 0.15) is 25.3 Å². The molecule has 0 spiro atoms. The summed E-state index contributed by atoms with van der Waals surface area (Å²) in [6.07, 6.45) is 2.38. The molecular weight excluding hydrogens is 274 g/mol. The SMILES string of the molecule is CC(CN1CCCC1)NS(=O)(=O)c1ccc(C#N)cc1. The molecular formula is C14H19N3O2S. The lowest BCUT2D eigenvalue weighted by molar-refractivity contribution is 0.313. The Bertz CT molecular complexity index is 584. The van der Waals surface area contributed by atoms with Gasteiger partial charge in [0.25, 0.3) is 0 Å². The van der Waals surface area contributed by atoms with E-state index in [1.54, 1.807) is 0 Å². The Morgan fingerprint density at radius 3 is 2.45 bits per heavy atom. The van der Waals surface area contributed by atoms with Crippen molar-refractivity contribution in [1.82, 2.24) is 9.62 Å². The van der Waals surface area contributed by atoms with E-state index in [0.717, 1.165) is 19.6 Å². The van der Waals surface area contributed by atoms with Crippen LogP contribution >= 0.6 is 0 Å². The van der Waals surface area contributed by atoms with Crippen molar-refractivity contribution >= 4 is 10.0 Å². The van der Waals surface area contributed by atoms with Gasteiger partial charge in [0, 0.05) is 12.6 Å². The van der Waals surface area contributed by atoms with Gasteiger partial charge in [-0.05, 0) is 57.1 Å². The molecule has 0 saturated carbocycles. The summed E-state index contributed by atoms with van der Waals surface area (Å²) in [5.41, 5.74) is 0.453. The Morgan fingerprint density at radius 1 is 1.30 bits per heavy atom. The van der Waals surface area contributed by atoms with Crippen LogP contribution in [0.4, 0.5) is 0 Å². The molecule has 0 aromatic heterocycles. The Labute approximate surface area is 120 Å². The third-order valence-electron chi connectivity index (χ3n) is 3.38. The Balaban J connectivity index is 2.00. The van der Waals surface area contributed by atoms with Gasteiger partial charge in [-0.3, -0.25) is 0 Å². The highest BCUT2D eigenvalue weighted by atomic mass is 32.2. The standard InChI is InChI=1S/C14H19N3O2S/c1-12(11-17-8-2-3-9-17)16-20(18,19)14-6-4-13(10-15)5-7-14/h4-7,12,16H,2-3,8-9,11H2,1H3. The van der Waals surface area contributed by atoms with Crippen LogP contribution in [-0.2, 0) is 10.0 Å². The molecule has 0 aliphatic carbocycles. The molecule has 1 aliphatic heterocycles. The second-order valence-electron chi connectivity index (χ2n) is 5.17. The molecule has 6 heteroatoms. The van der Waals surface area contributed by atoms with Crippen molar-refractivity contribution in [1.29, 1.82) is 5.26 Å². The van der Waals surface area contributed by atoms with Crippen molar-refractivity contribution in [3.8, 4) is 6.07 Å². The molecule has 1 fully saturated rings. The summed E-state index contributed by atoms with van der Waals surface area (Å²) in [6.45, 7) is 4.70. The minimum atomic E-state index is -3.51. The number of nitrogens with one attached hydrogen (secondary N) is 1. The quantitative estimate of drug-likeness (QED) is 0.888. The number of hydrogen-bond donors (Lipinski definition) is 1. The molecule has 20 heavy (non-hydrogen) atoms. The van der Waals surface area contributed by atoms with E-state index in [1.165, 1.54) is 37.1 Å². The Hall–Kier alpha value is -1.42. The van der Waals surface area contributed by atoms with Gasteiger partial charge in [0.05, 0.1) is 16.5 Å². The molecule has 1 saturated heterocycles. The van der Waals surface area contributed by atoms with Crippen LogP contribution in [0.3, 0.4) is 0 Å². The predicted molar refractivity (Wildman–Crippen MR) is 76.6 cm³/mol. The number of nitriles is 1. The number of rotatable bonds is 5. The van der Waals surface area contributed by atoms with E-state index in [0.29, 0.717) is 5.56 Å². The van der Waals surface area contributed by atoms with Gasteiger partial charge in [-0.25, -0.2) is 13.1 Å². The lowest BCUT2D eigenvalue weighted by atomic mass is 10.2. The zero-order valence-electron chi connectivity index (χ0n) is 11.5. The van der Waals surface area contributed by atoms with Gasteiger partial charge in [-0.1, -0.05) is 0 Å². The topological polar surface area (TPSA) is 73.2 Å². The van der Waals surface area contributed by atoms with E-state index >= 15 is 0 Å². The summed E-state index contributed by atoms with van der Waals surface area (Å²) in [5, 5.41) is 8.72. The van der Waals surface area contributed by atoms with Crippen molar-refractivity contribution in [2.24, 2.45) is 0 Å². The number of sulfonamides is 1. The first-order chi connectivity index (χ1) is 9.51. The molecule has 1 N–H and O–H groups in total. The third kappa shape index (κ3) is 3.79. The highest BCUT2D eigenvalue weighted by Gasteiger charge is 2.20.